The number of nitrogens with zero attached hydrogens (tertiary/aromatic N) is 1. The number of urea groups is 1. The number of carbonyl (C=O) groups is 3. The Bertz CT molecular complexity index is 573. The Kier molecular flexibility index (Phi) is 4.54. The Morgan fingerprint density at radius 1 is 1.38 bits per heavy atom. The van der Waals surface area contributed by atoms with Crippen LogP contribution in [-0.2, 0) is 11.3 Å². The third-order valence-electron chi connectivity index (χ3n) is 3.41. The van der Waals surface area contributed by atoms with Crippen LogP contribution >= 0.6 is 0 Å². The van der Waals surface area contributed by atoms with Gasteiger partial charge in [-0.2, -0.15) is 0 Å². The molecular weight excluding hydrogens is 272 g/mol. The number of amides is 4. The molecule has 21 heavy (non-hydrogen) atoms. The van der Waals surface area contributed by atoms with Crippen molar-refractivity contribution in [1.82, 2.24) is 15.6 Å². The Balaban J connectivity index is 2.21. The summed E-state index contributed by atoms with van der Waals surface area (Å²) in [5, 5.41) is 2.65. The van der Waals surface area contributed by atoms with E-state index in [-0.39, 0.29) is 12.5 Å². The first kappa shape index (κ1) is 15.0. The van der Waals surface area contributed by atoms with Crippen LogP contribution in [-0.4, -0.2) is 28.8 Å². The van der Waals surface area contributed by atoms with Crippen LogP contribution in [0.25, 0.3) is 0 Å². The van der Waals surface area contributed by atoms with Gasteiger partial charge in [-0.15, -0.1) is 0 Å². The second kappa shape index (κ2) is 6.36. The highest BCUT2D eigenvalue weighted by molar-refractivity contribution is 6.04. The maximum absolute atomic E-state index is 12.2. The molecule has 1 aromatic rings. The number of nitrogens with two attached hydrogens (primary N) is 1. The number of hydrogen-bond donors (Lipinski definition) is 3. The third kappa shape index (κ3) is 3.03. The van der Waals surface area contributed by atoms with Gasteiger partial charge in [-0.1, -0.05) is 31.5 Å². The Hall–Kier alpha value is -2.41. The molecule has 1 atom stereocenters. The van der Waals surface area contributed by atoms with Crippen LogP contribution in [0.1, 0.15) is 35.7 Å². The molecule has 7 nitrogen and oxygen atoms in total. The molecule has 0 aliphatic carbocycles. The molecule has 2 rings (SSSR count). The summed E-state index contributed by atoms with van der Waals surface area (Å²) in [6.07, 6.45) is 1.41. The molecule has 1 aliphatic rings. The van der Waals surface area contributed by atoms with Crippen molar-refractivity contribution >= 4 is 17.8 Å². The summed E-state index contributed by atoms with van der Waals surface area (Å²) in [6, 6.07) is 5.82. The van der Waals surface area contributed by atoms with E-state index < -0.39 is 18.0 Å². The van der Waals surface area contributed by atoms with Crippen LogP contribution in [0.5, 0.6) is 0 Å². The highest BCUT2D eigenvalue weighted by Crippen LogP contribution is 2.17. The zero-order valence-electron chi connectivity index (χ0n) is 11.8. The number of benzene rings is 1. The molecule has 0 saturated carbocycles. The first-order valence-corrected chi connectivity index (χ1v) is 6.79. The fourth-order valence-electron chi connectivity index (χ4n) is 2.34. The second-order valence-electron chi connectivity index (χ2n) is 4.85. The minimum Gasteiger partial charge on any atom is -0.326 e. The molecule has 0 spiro atoms. The molecule has 112 valence electrons. The van der Waals surface area contributed by atoms with Crippen molar-refractivity contribution in [2.24, 2.45) is 5.84 Å². The van der Waals surface area contributed by atoms with E-state index in [1.165, 1.54) is 0 Å². The van der Waals surface area contributed by atoms with Gasteiger partial charge in [0.15, 0.2) is 0 Å². The van der Waals surface area contributed by atoms with Gasteiger partial charge in [0.1, 0.15) is 6.04 Å². The first-order chi connectivity index (χ1) is 10.1. The number of rotatable bonds is 5. The van der Waals surface area contributed by atoms with Crippen molar-refractivity contribution in [2.45, 2.75) is 32.4 Å². The van der Waals surface area contributed by atoms with Gasteiger partial charge in [0.2, 0.25) is 0 Å². The molecule has 7 heteroatoms. The number of nitrogen functional groups attached to an aromatic ring is 1. The SMILES string of the molecule is CCCC1NC(=O)N(Cc2ccccc2C(=O)NN)C1=O. The lowest BCUT2D eigenvalue weighted by molar-refractivity contribution is -0.128. The van der Waals surface area contributed by atoms with E-state index in [1.807, 2.05) is 6.92 Å². The predicted molar refractivity (Wildman–Crippen MR) is 75.9 cm³/mol. The number of imide groups is 1. The van der Waals surface area contributed by atoms with Gasteiger partial charge in [0, 0.05) is 5.56 Å². The number of hydrazine groups is 1. The van der Waals surface area contributed by atoms with Crippen molar-refractivity contribution in [2.75, 3.05) is 0 Å². The predicted octanol–water partition coefficient (Wildman–Crippen LogP) is 0.511. The maximum Gasteiger partial charge on any atom is 0.325 e. The normalized spacial score (nSPS) is 17.8. The van der Waals surface area contributed by atoms with Crippen LogP contribution in [0.15, 0.2) is 24.3 Å². The summed E-state index contributed by atoms with van der Waals surface area (Å²) in [7, 11) is 0. The average molecular weight is 290 g/mol. The highest BCUT2D eigenvalue weighted by atomic mass is 16.2. The summed E-state index contributed by atoms with van der Waals surface area (Å²) in [5.41, 5.74) is 2.97. The van der Waals surface area contributed by atoms with Crippen LogP contribution in [0, 0.1) is 0 Å². The van der Waals surface area contributed by atoms with Crippen molar-refractivity contribution in [1.29, 1.82) is 0 Å². The molecular formula is C14H18N4O3. The van der Waals surface area contributed by atoms with E-state index in [1.54, 1.807) is 24.3 Å². The maximum atomic E-state index is 12.2. The summed E-state index contributed by atoms with van der Waals surface area (Å²) in [5.74, 6) is 4.42. The van der Waals surface area contributed by atoms with Crippen molar-refractivity contribution < 1.29 is 14.4 Å². The minimum atomic E-state index is -0.474. The van der Waals surface area contributed by atoms with Crippen LogP contribution < -0.4 is 16.6 Å². The van der Waals surface area contributed by atoms with Crippen molar-refractivity contribution in [3.05, 3.63) is 35.4 Å². The summed E-state index contributed by atoms with van der Waals surface area (Å²) in [6.45, 7) is 2.00. The van der Waals surface area contributed by atoms with Crippen LogP contribution in [0.4, 0.5) is 4.79 Å². The second-order valence-corrected chi connectivity index (χ2v) is 4.85. The van der Waals surface area contributed by atoms with E-state index in [0.29, 0.717) is 17.5 Å². The van der Waals surface area contributed by atoms with Crippen LogP contribution in [0.2, 0.25) is 0 Å². The molecule has 4 amide bonds. The molecule has 0 radical (unpaired) electrons. The van der Waals surface area contributed by atoms with Crippen molar-refractivity contribution in [3.8, 4) is 0 Å². The third-order valence-corrected chi connectivity index (χ3v) is 3.41. The largest absolute Gasteiger partial charge is 0.326 e. The smallest absolute Gasteiger partial charge is 0.325 e. The summed E-state index contributed by atoms with van der Waals surface area (Å²) in [4.78, 5) is 36.9. The minimum absolute atomic E-state index is 0.0501. The monoisotopic (exact) mass is 290 g/mol. The van der Waals surface area contributed by atoms with Crippen LogP contribution in [0.3, 0.4) is 0 Å². The quantitative estimate of drug-likeness (QED) is 0.318. The molecule has 1 heterocycles. The van der Waals surface area contributed by atoms with Gasteiger partial charge in [-0.25, -0.2) is 10.6 Å². The molecule has 1 aliphatic heterocycles. The van der Waals surface area contributed by atoms with E-state index in [4.69, 9.17) is 5.84 Å². The molecule has 1 unspecified atom stereocenters. The Labute approximate surface area is 122 Å². The number of nitrogens with one attached hydrogen (secondary N) is 2. The molecule has 0 bridgehead atoms. The zero-order chi connectivity index (χ0) is 15.4. The standard InChI is InChI=1S/C14H18N4O3/c1-2-5-11-13(20)18(14(21)16-11)8-9-6-3-4-7-10(9)12(19)17-15/h3-4,6-7,11H,2,5,8,15H2,1H3,(H,16,21)(H,17,19). The van der Waals surface area contributed by atoms with Gasteiger partial charge in [-0.3, -0.25) is 19.9 Å². The van der Waals surface area contributed by atoms with E-state index >= 15 is 0 Å². The zero-order valence-corrected chi connectivity index (χ0v) is 11.8. The van der Waals surface area contributed by atoms with Gasteiger partial charge in [0.25, 0.3) is 11.8 Å². The fourth-order valence-corrected chi connectivity index (χ4v) is 2.34. The fraction of sp³-hybridized carbons (Fsp3) is 0.357. The number of hydrogen-bond acceptors (Lipinski definition) is 4. The Morgan fingerprint density at radius 3 is 2.76 bits per heavy atom. The summed E-state index contributed by atoms with van der Waals surface area (Å²) < 4.78 is 0. The molecule has 4 N–H and O–H groups in total. The first-order valence-electron chi connectivity index (χ1n) is 6.79. The highest BCUT2D eigenvalue weighted by Gasteiger charge is 2.37. The lowest BCUT2D eigenvalue weighted by Crippen LogP contribution is -2.34. The molecule has 0 aromatic heterocycles. The number of carbonyl (C=O) groups excluding carboxylic acids is 3. The van der Waals surface area contributed by atoms with Gasteiger partial charge in [-0.05, 0) is 18.1 Å². The Morgan fingerprint density at radius 2 is 2.10 bits per heavy atom. The van der Waals surface area contributed by atoms with Gasteiger partial charge in [0.05, 0.1) is 6.54 Å². The molecule has 1 fully saturated rings. The average Bonchev–Trinajstić information content (AvgIpc) is 2.75. The lowest BCUT2D eigenvalue weighted by atomic mass is 10.1. The van der Waals surface area contributed by atoms with E-state index in [9.17, 15) is 14.4 Å². The lowest BCUT2D eigenvalue weighted by Gasteiger charge is -2.15. The van der Waals surface area contributed by atoms with E-state index in [0.717, 1.165) is 11.3 Å². The summed E-state index contributed by atoms with van der Waals surface area (Å²) >= 11 is 0. The molecule has 1 saturated heterocycles. The van der Waals surface area contributed by atoms with E-state index in [2.05, 4.69) is 10.7 Å². The van der Waals surface area contributed by atoms with Gasteiger partial charge < -0.3 is 5.32 Å². The molecule has 1 aromatic carbocycles. The van der Waals surface area contributed by atoms with Gasteiger partial charge >= 0.3 is 6.03 Å². The van der Waals surface area contributed by atoms with Crippen molar-refractivity contribution in [3.63, 3.8) is 0 Å². The topological polar surface area (TPSA) is 105 Å².